The van der Waals surface area contributed by atoms with Gasteiger partial charge in [-0.1, -0.05) is 23.2 Å². The van der Waals surface area contributed by atoms with E-state index in [9.17, 15) is 4.79 Å². The van der Waals surface area contributed by atoms with Crippen molar-refractivity contribution in [3.05, 3.63) is 56.5 Å². The van der Waals surface area contributed by atoms with Crippen molar-refractivity contribution in [1.29, 1.82) is 0 Å². The van der Waals surface area contributed by atoms with Gasteiger partial charge in [0.15, 0.2) is 0 Å². The van der Waals surface area contributed by atoms with Crippen molar-refractivity contribution >= 4 is 50.7 Å². The standard InChI is InChI=1S/C16H14BrCl2NO2/c1-9(2)22-15-6-3-10(7-12(15)17)16(21)20-11-4-5-13(18)14(19)8-11/h3-9H,1-2H3,(H,20,21). The zero-order valence-electron chi connectivity index (χ0n) is 12.0. The fraction of sp³-hybridized carbons (Fsp3) is 0.188. The second kappa shape index (κ2) is 7.36. The van der Waals surface area contributed by atoms with E-state index in [4.69, 9.17) is 27.9 Å². The third-order valence-corrected chi connectivity index (χ3v) is 4.09. The molecule has 116 valence electrons. The van der Waals surface area contributed by atoms with Crippen molar-refractivity contribution in [3.8, 4) is 5.75 Å². The molecule has 0 bridgehead atoms. The van der Waals surface area contributed by atoms with Crippen LogP contribution in [0.15, 0.2) is 40.9 Å². The SMILES string of the molecule is CC(C)Oc1ccc(C(=O)Nc2ccc(Cl)c(Cl)c2)cc1Br. The van der Waals surface area contributed by atoms with Gasteiger partial charge in [-0.25, -0.2) is 0 Å². The molecule has 0 aliphatic heterocycles. The van der Waals surface area contributed by atoms with Crippen LogP contribution in [0, 0.1) is 0 Å². The summed E-state index contributed by atoms with van der Waals surface area (Å²) < 4.78 is 6.34. The highest BCUT2D eigenvalue weighted by molar-refractivity contribution is 9.10. The number of hydrogen-bond donors (Lipinski definition) is 1. The molecule has 0 aromatic heterocycles. The predicted octanol–water partition coefficient (Wildman–Crippen LogP) is 5.80. The zero-order valence-corrected chi connectivity index (χ0v) is 15.1. The van der Waals surface area contributed by atoms with E-state index in [1.54, 1.807) is 36.4 Å². The molecule has 0 saturated carbocycles. The summed E-state index contributed by atoms with van der Waals surface area (Å²) in [7, 11) is 0. The Hall–Kier alpha value is -1.23. The van der Waals surface area contributed by atoms with Gasteiger partial charge < -0.3 is 10.1 Å². The number of carbonyl (C=O) groups is 1. The summed E-state index contributed by atoms with van der Waals surface area (Å²) in [5.41, 5.74) is 1.09. The van der Waals surface area contributed by atoms with Gasteiger partial charge in [0.05, 0.1) is 20.6 Å². The third-order valence-electron chi connectivity index (χ3n) is 2.73. The second-order valence-corrected chi connectivity index (χ2v) is 6.56. The van der Waals surface area contributed by atoms with E-state index in [0.717, 1.165) is 4.47 Å². The van der Waals surface area contributed by atoms with Crippen molar-refractivity contribution in [2.45, 2.75) is 20.0 Å². The monoisotopic (exact) mass is 401 g/mol. The molecule has 1 N–H and O–H groups in total. The number of rotatable bonds is 4. The van der Waals surface area contributed by atoms with Crippen LogP contribution in [0.3, 0.4) is 0 Å². The van der Waals surface area contributed by atoms with Crippen molar-refractivity contribution in [1.82, 2.24) is 0 Å². The van der Waals surface area contributed by atoms with E-state index >= 15 is 0 Å². The Kier molecular flexibility index (Phi) is 5.73. The average Bonchev–Trinajstić information content (AvgIpc) is 2.44. The van der Waals surface area contributed by atoms with E-state index < -0.39 is 0 Å². The van der Waals surface area contributed by atoms with Crippen LogP contribution in [-0.4, -0.2) is 12.0 Å². The maximum Gasteiger partial charge on any atom is 0.255 e. The lowest BCUT2D eigenvalue weighted by Crippen LogP contribution is -2.12. The number of benzene rings is 2. The van der Waals surface area contributed by atoms with E-state index in [0.29, 0.717) is 27.0 Å². The molecule has 22 heavy (non-hydrogen) atoms. The van der Waals surface area contributed by atoms with Gasteiger partial charge in [0.2, 0.25) is 0 Å². The molecular weight excluding hydrogens is 389 g/mol. The molecule has 0 atom stereocenters. The molecule has 0 fully saturated rings. The van der Waals surface area contributed by atoms with Gasteiger partial charge in [-0.05, 0) is 66.2 Å². The summed E-state index contributed by atoms with van der Waals surface area (Å²) in [6, 6.07) is 10.1. The Balaban J connectivity index is 2.15. The lowest BCUT2D eigenvalue weighted by atomic mass is 10.2. The molecule has 2 aromatic rings. The fourth-order valence-corrected chi connectivity index (χ4v) is 2.54. The summed E-state index contributed by atoms with van der Waals surface area (Å²) in [5, 5.41) is 3.60. The van der Waals surface area contributed by atoms with Gasteiger partial charge in [0.25, 0.3) is 5.91 Å². The van der Waals surface area contributed by atoms with Gasteiger partial charge in [0.1, 0.15) is 5.75 Å². The van der Waals surface area contributed by atoms with Gasteiger partial charge in [-0.2, -0.15) is 0 Å². The predicted molar refractivity (Wildman–Crippen MR) is 94.3 cm³/mol. The summed E-state index contributed by atoms with van der Waals surface area (Å²) in [4.78, 5) is 12.2. The average molecular weight is 403 g/mol. The molecule has 6 heteroatoms. The van der Waals surface area contributed by atoms with E-state index in [1.807, 2.05) is 13.8 Å². The first-order chi connectivity index (χ1) is 10.4. The molecule has 0 aliphatic rings. The van der Waals surface area contributed by atoms with Crippen LogP contribution in [0.2, 0.25) is 10.0 Å². The Morgan fingerprint density at radius 2 is 1.86 bits per heavy atom. The van der Waals surface area contributed by atoms with Crippen LogP contribution in [0.25, 0.3) is 0 Å². The minimum absolute atomic E-state index is 0.0622. The highest BCUT2D eigenvalue weighted by Gasteiger charge is 2.11. The minimum atomic E-state index is -0.241. The normalized spacial score (nSPS) is 10.6. The Labute approximate surface area is 147 Å². The Morgan fingerprint density at radius 1 is 1.14 bits per heavy atom. The number of carbonyl (C=O) groups excluding carboxylic acids is 1. The van der Waals surface area contributed by atoms with Crippen LogP contribution >= 0.6 is 39.1 Å². The first-order valence-electron chi connectivity index (χ1n) is 6.59. The largest absolute Gasteiger partial charge is 0.490 e. The molecule has 2 aromatic carbocycles. The number of nitrogens with one attached hydrogen (secondary N) is 1. The minimum Gasteiger partial charge on any atom is -0.490 e. The highest BCUT2D eigenvalue weighted by atomic mass is 79.9. The van der Waals surface area contributed by atoms with Gasteiger partial charge in [-0.3, -0.25) is 4.79 Å². The molecular formula is C16H14BrCl2NO2. The summed E-state index contributed by atoms with van der Waals surface area (Å²) in [5.74, 6) is 0.455. The van der Waals surface area contributed by atoms with Crippen molar-refractivity contribution < 1.29 is 9.53 Å². The molecule has 0 spiro atoms. The quantitative estimate of drug-likeness (QED) is 0.702. The van der Waals surface area contributed by atoms with Crippen molar-refractivity contribution in [2.75, 3.05) is 5.32 Å². The number of amides is 1. The van der Waals surface area contributed by atoms with Crippen LogP contribution in [0.4, 0.5) is 5.69 Å². The van der Waals surface area contributed by atoms with Gasteiger partial charge in [-0.15, -0.1) is 0 Å². The van der Waals surface area contributed by atoms with E-state index in [2.05, 4.69) is 21.2 Å². The molecule has 0 heterocycles. The van der Waals surface area contributed by atoms with Crippen LogP contribution in [0.5, 0.6) is 5.75 Å². The first kappa shape index (κ1) is 17.1. The van der Waals surface area contributed by atoms with Crippen molar-refractivity contribution in [2.24, 2.45) is 0 Å². The van der Waals surface area contributed by atoms with Gasteiger partial charge >= 0.3 is 0 Å². The second-order valence-electron chi connectivity index (χ2n) is 4.89. The molecule has 0 aliphatic carbocycles. The first-order valence-corrected chi connectivity index (χ1v) is 8.14. The van der Waals surface area contributed by atoms with Crippen LogP contribution in [0.1, 0.15) is 24.2 Å². The number of ether oxygens (including phenoxy) is 1. The van der Waals surface area contributed by atoms with E-state index in [-0.39, 0.29) is 12.0 Å². The molecule has 0 saturated heterocycles. The number of hydrogen-bond acceptors (Lipinski definition) is 2. The molecule has 0 radical (unpaired) electrons. The zero-order chi connectivity index (χ0) is 16.3. The number of anilines is 1. The van der Waals surface area contributed by atoms with Crippen LogP contribution < -0.4 is 10.1 Å². The lowest BCUT2D eigenvalue weighted by Gasteiger charge is -2.12. The van der Waals surface area contributed by atoms with Crippen molar-refractivity contribution in [3.63, 3.8) is 0 Å². The van der Waals surface area contributed by atoms with Gasteiger partial charge in [0, 0.05) is 11.3 Å². The lowest BCUT2D eigenvalue weighted by molar-refractivity contribution is 0.102. The maximum absolute atomic E-state index is 12.2. The highest BCUT2D eigenvalue weighted by Crippen LogP contribution is 2.28. The van der Waals surface area contributed by atoms with E-state index in [1.165, 1.54) is 0 Å². The molecule has 1 amide bonds. The molecule has 3 nitrogen and oxygen atoms in total. The summed E-state index contributed by atoms with van der Waals surface area (Å²) in [6.45, 7) is 3.88. The number of halogens is 3. The third kappa shape index (κ3) is 4.38. The maximum atomic E-state index is 12.2. The smallest absolute Gasteiger partial charge is 0.255 e. The molecule has 2 rings (SSSR count). The fourth-order valence-electron chi connectivity index (χ4n) is 1.77. The Morgan fingerprint density at radius 3 is 2.45 bits per heavy atom. The van der Waals surface area contributed by atoms with Crippen LogP contribution in [-0.2, 0) is 0 Å². The topological polar surface area (TPSA) is 38.3 Å². The Bertz CT molecular complexity index is 705. The summed E-state index contributed by atoms with van der Waals surface area (Å²) >= 11 is 15.2. The summed E-state index contributed by atoms with van der Waals surface area (Å²) in [6.07, 6.45) is 0.0622. The molecule has 0 unspecified atom stereocenters.